The Hall–Kier alpha value is -2.86. The molecule has 0 unspecified atom stereocenters. The van der Waals surface area contributed by atoms with Gasteiger partial charge in [0.15, 0.2) is 0 Å². The molecular formula is C14H13N3O3. The number of nitriles is 2. The molecule has 2 N–H and O–H groups in total. The fourth-order valence-electron chi connectivity index (χ4n) is 1.58. The molecule has 6 nitrogen and oxygen atoms in total. The van der Waals surface area contributed by atoms with Gasteiger partial charge in [0, 0.05) is 12.0 Å². The number of nitrogens with zero attached hydrogens (tertiary/aromatic N) is 2. The molecule has 0 saturated carbocycles. The summed E-state index contributed by atoms with van der Waals surface area (Å²) >= 11 is 0. The maximum atomic E-state index is 11.9. The molecule has 0 aliphatic heterocycles. The molecule has 0 saturated heterocycles. The smallest absolute Gasteiger partial charge is 0.326 e. The zero-order valence-corrected chi connectivity index (χ0v) is 10.7. The van der Waals surface area contributed by atoms with Crippen molar-refractivity contribution in [3.8, 4) is 12.1 Å². The Morgan fingerprint density at radius 3 is 2.40 bits per heavy atom. The molecule has 0 heterocycles. The topological polar surface area (TPSA) is 114 Å². The maximum absolute atomic E-state index is 11.9. The van der Waals surface area contributed by atoms with E-state index < -0.39 is 17.9 Å². The van der Waals surface area contributed by atoms with Gasteiger partial charge in [0.25, 0.3) is 5.91 Å². The number of hydrogen-bond donors (Lipinski definition) is 2. The van der Waals surface area contributed by atoms with E-state index in [9.17, 15) is 9.59 Å². The van der Waals surface area contributed by atoms with E-state index in [0.29, 0.717) is 12.0 Å². The van der Waals surface area contributed by atoms with Crippen LogP contribution in [0.15, 0.2) is 24.3 Å². The van der Waals surface area contributed by atoms with Crippen LogP contribution in [0.25, 0.3) is 0 Å². The highest BCUT2D eigenvalue weighted by atomic mass is 16.4. The Morgan fingerprint density at radius 2 is 1.90 bits per heavy atom. The van der Waals surface area contributed by atoms with Crippen LogP contribution in [0.1, 0.15) is 35.2 Å². The second-order valence-electron chi connectivity index (χ2n) is 4.10. The number of aliphatic carboxylic acids is 1. The first-order chi connectivity index (χ1) is 9.58. The van der Waals surface area contributed by atoms with Crippen molar-refractivity contribution in [2.75, 3.05) is 0 Å². The monoisotopic (exact) mass is 271 g/mol. The molecule has 0 aliphatic rings. The quantitative estimate of drug-likeness (QED) is 0.760. The van der Waals surface area contributed by atoms with Crippen LogP contribution in [0.3, 0.4) is 0 Å². The number of carboxylic acids is 1. The van der Waals surface area contributed by atoms with Crippen molar-refractivity contribution in [2.45, 2.75) is 25.3 Å². The number of nitrogens with one attached hydrogen (secondary N) is 1. The van der Waals surface area contributed by atoms with Gasteiger partial charge in [-0.15, -0.1) is 0 Å². The minimum atomic E-state index is -1.13. The number of carbonyl (C=O) groups excluding carboxylic acids is 1. The molecular weight excluding hydrogens is 258 g/mol. The summed E-state index contributed by atoms with van der Waals surface area (Å²) < 4.78 is 0. The molecule has 20 heavy (non-hydrogen) atoms. The molecule has 0 aromatic heterocycles. The maximum Gasteiger partial charge on any atom is 0.326 e. The minimum Gasteiger partial charge on any atom is -0.480 e. The van der Waals surface area contributed by atoms with Crippen LogP contribution >= 0.6 is 0 Å². The molecule has 6 heteroatoms. The van der Waals surface area contributed by atoms with Crippen LogP contribution in [0.5, 0.6) is 0 Å². The van der Waals surface area contributed by atoms with Crippen molar-refractivity contribution in [2.24, 2.45) is 0 Å². The number of hydrogen-bond acceptors (Lipinski definition) is 4. The van der Waals surface area contributed by atoms with Gasteiger partial charge in [-0.05, 0) is 37.1 Å². The van der Waals surface area contributed by atoms with E-state index >= 15 is 0 Å². The average molecular weight is 271 g/mol. The third-order valence-corrected chi connectivity index (χ3v) is 2.66. The summed E-state index contributed by atoms with van der Waals surface area (Å²) in [6, 6.07) is 8.73. The van der Waals surface area contributed by atoms with E-state index in [1.165, 1.54) is 24.3 Å². The number of unbranched alkanes of at least 4 members (excludes halogenated alkanes) is 1. The average Bonchev–Trinajstić information content (AvgIpc) is 2.46. The van der Waals surface area contributed by atoms with E-state index in [2.05, 4.69) is 5.32 Å². The van der Waals surface area contributed by atoms with Gasteiger partial charge in [-0.2, -0.15) is 10.5 Å². The summed E-state index contributed by atoms with van der Waals surface area (Å²) in [5.74, 6) is -1.65. The molecule has 1 aromatic carbocycles. The molecule has 0 spiro atoms. The van der Waals surface area contributed by atoms with Crippen LogP contribution in [0, 0.1) is 22.7 Å². The third-order valence-electron chi connectivity index (χ3n) is 2.66. The standard InChI is InChI=1S/C14H13N3O3/c15-8-2-1-3-12(14(19)20)17-13(18)11-6-4-10(9-16)5-7-11/h4-7,12H,1-3H2,(H,17,18)(H,19,20)/t12-/m1/s1. The van der Waals surface area contributed by atoms with Crippen molar-refractivity contribution in [3.05, 3.63) is 35.4 Å². The summed E-state index contributed by atoms with van der Waals surface area (Å²) in [4.78, 5) is 22.9. The highest BCUT2D eigenvalue weighted by Crippen LogP contribution is 2.06. The van der Waals surface area contributed by atoms with Crippen molar-refractivity contribution in [3.63, 3.8) is 0 Å². The van der Waals surface area contributed by atoms with E-state index in [-0.39, 0.29) is 18.4 Å². The Bertz CT molecular complexity index is 567. The van der Waals surface area contributed by atoms with Crippen LogP contribution in [0.2, 0.25) is 0 Å². The van der Waals surface area contributed by atoms with Crippen LogP contribution in [0.4, 0.5) is 0 Å². The number of carboxylic acid groups (broad SMARTS) is 1. The fourth-order valence-corrected chi connectivity index (χ4v) is 1.58. The number of carbonyl (C=O) groups is 2. The lowest BCUT2D eigenvalue weighted by atomic mass is 10.1. The first kappa shape index (κ1) is 15.2. The molecule has 1 amide bonds. The Morgan fingerprint density at radius 1 is 1.25 bits per heavy atom. The molecule has 1 rings (SSSR count). The highest BCUT2D eigenvalue weighted by molar-refractivity contribution is 5.96. The molecule has 0 aliphatic carbocycles. The van der Waals surface area contributed by atoms with Gasteiger partial charge < -0.3 is 10.4 Å². The van der Waals surface area contributed by atoms with Crippen molar-refractivity contribution in [1.82, 2.24) is 5.32 Å². The van der Waals surface area contributed by atoms with E-state index in [1.807, 2.05) is 12.1 Å². The van der Waals surface area contributed by atoms with Crippen molar-refractivity contribution >= 4 is 11.9 Å². The zero-order valence-electron chi connectivity index (χ0n) is 10.7. The molecule has 1 atom stereocenters. The lowest BCUT2D eigenvalue weighted by Gasteiger charge is -2.13. The van der Waals surface area contributed by atoms with Gasteiger partial charge in [-0.1, -0.05) is 0 Å². The van der Waals surface area contributed by atoms with Gasteiger partial charge in [0.05, 0.1) is 17.7 Å². The Labute approximate surface area is 116 Å². The molecule has 1 aromatic rings. The van der Waals surface area contributed by atoms with Gasteiger partial charge in [-0.3, -0.25) is 4.79 Å². The van der Waals surface area contributed by atoms with E-state index in [1.54, 1.807) is 0 Å². The summed E-state index contributed by atoms with van der Waals surface area (Å²) in [5, 5.41) is 28.5. The second-order valence-corrected chi connectivity index (χ2v) is 4.10. The number of benzene rings is 1. The summed E-state index contributed by atoms with van der Waals surface area (Å²) in [7, 11) is 0. The lowest BCUT2D eigenvalue weighted by Crippen LogP contribution is -2.40. The van der Waals surface area contributed by atoms with Crippen LogP contribution in [-0.2, 0) is 4.79 Å². The third kappa shape index (κ3) is 4.43. The summed E-state index contributed by atoms with van der Waals surface area (Å²) in [6.07, 6.45) is 0.850. The van der Waals surface area contributed by atoms with Gasteiger partial charge in [0.2, 0.25) is 0 Å². The van der Waals surface area contributed by atoms with Crippen LogP contribution < -0.4 is 5.32 Å². The van der Waals surface area contributed by atoms with Gasteiger partial charge in [-0.25, -0.2) is 4.79 Å². The first-order valence-electron chi connectivity index (χ1n) is 5.99. The van der Waals surface area contributed by atoms with E-state index in [0.717, 1.165) is 0 Å². The normalized spacial score (nSPS) is 10.9. The summed E-state index contributed by atoms with van der Waals surface area (Å²) in [6.45, 7) is 0. The fraction of sp³-hybridized carbons (Fsp3) is 0.286. The molecule has 102 valence electrons. The predicted molar refractivity (Wildman–Crippen MR) is 69.5 cm³/mol. The summed E-state index contributed by atoms with van der Waals surface area (Å²) in [5.41, 5.74) is 0.709. The minimum absolute atomic E-state index is 0.199. The van der Waals surface area contributed by atoms with Crippen molar-refractivity contribution in [1.29, 1.82) is 10.5 Å². The second kappa shape index (κ2) is 7.55. The van der Waals surface area contributed by atoms with Crippen molar-refractivity contribution < 1.29 is 14.7 Å². The molecule has 0 fully saturated rings. The Balaban J connectivity index is 2.68. The SMILES string of the molecule is N#CCCC[C@@H](NC(=O)c1ccc(C#N)cc1)C(=O)O. The van der Waals surface area contributed by atoms with Gasteiger partial charge in [0.1, 0.15) is 6.04 Å². The molecule has 0 radical (unpaired) electrons. The lowest BCUT2D eigenvalue weighted by molar-refractivity contribution is -0.139. The predicted octanol–water partition coefficient (Wildman–Crippen LogP) is 1.44. The van der Waals surface area contributed by atoms with Crippen LogP contribution in [-0.4, -0.2) is 23.0 Å². The Kier molecular flexibility index (Phi) is 5.74. The number of rotatable bonds is 6. The number of amides is 1. The largest absolute Gasteiger partial charge is 0.480 e. The first-order valence-corrected chi connectivity index (χ1v) is 5.99. The highest BCUT2D eigenvalue weighted by Gasteiger charge is 2.20. The zero-order chi connectivity index (χ0) is 15.0. The molecule has 0 bridgehead atoms. The van der Waals surface area contributed by atoms with Gasteiger partial charge >= 0.3 is 5.97 Å². The van der Waals surface area contributed by atoms with E-state index in [4.69, 9.17) is 15.6 Å².